The highest BCUT2D eigenvalue weighted by atomic mass is 16.8. The van der Waals surface area contributed by atoms with Crippen LogP contribution in [0, 0.1) is 0 Å². The third-order valence-corrected chi connectivity index (χ3v) is 16.7. The molecule has 7 heterocycles. The molecule has 0 aromatic heterocycles. The number of aliphatic carboxylic acids is 1. The lowest BCUT2D eigenvalue weighted by Crippen LogP contribution is -2.71. The second kappa shape index (κ2) is 32.9. The Bertz CT molecular complexity index is 2410. The number of hydrogen-bond acceptors (Lipinski definition) is 38. The molecule has 42 heteroatoms. The molecule has 7 aliphatic rings. The van der Waals surface area contributed by atoms with E-state index in [-0.39, 0.29) is 0 Å². The largest absolute Gasteiger partial charge is 0.477 e. The van der Waals surface area contributed by atoms with Gasteiger partial charge in [-0.2, -0.15) is 0 Å². The van der Waals surface area contributed by atoms with Crippen molar-refractivity contribution >= 4 is 23.7 Å². The van der Waals surface area contributed by atoms with Gasteiger partial charge in [0, 0.05) is 27.2 Å². The fourth-order valence-corrected chi connectivity index (χ4v) is 11.8. The highest BCUT2D eigenvalue weighted by molar-refractivity contribution is 5.77. The molecule has 7 rings (SSSR count). The number of carboxylic acids is 1. The smallest absolute Gasteiger partial charge is 0.364 e. The van der Waals surface area contributed by atoms with Crippen LogP contribution in [-0.2, 0) is 80.8 Å². The number of carbonyl (C=O) groups excluding carboxylic acids is 3. The van der Waals surface area contributed by atoms with E-state index in [4.69, 9.17) is 61.6 Å². The Hall–Kier alpha value is -3.48. The number of rotatable bonds is 25. The lowest BCUT2D eigenvalue weighted by Gasteiger charge is -2.51. The Balaban J connectivity index is 1.15. The van der Waals surface area contributed by atoms with Gasteiger partial charge in [-0.15, -0.1) is 0 Å². The summed E-state index contributed by atoms with van der Waals surface area (Å²) in [5, 5.41) is 246. The first kappa shape index (κ1) is 76.9. The Labute approximate surface area is 525 Å². The van der Waals surface area contributed by atoms with E-state index < -0.39 is 297 Å². The van der Waals surface area contributed by atoms with Crippen molar-refractivity contribution in [3.63, 3.8) is 0 Å². The first-order chi connectivity index (χ1) is 43.8. The number of aliphatic hydroxyl groups excluding tert-OH is 21. The molecular formula is C51H85N3O39. The molecule has 93 heavy (non-hydrogen) atoms. The number of carboxylic acid groups (broad SMARTS) is 1. The predicted molar refractivity (Wildman–Crippen MR) is 284 cm³/mol. The van der Waals surface area contributed by atoms with Gasteiger partial charge in [0.2, 0.25) is 17.7 Å². The van der Waals surface area contributed by atoms with Crippen LogP contribution < -0.4 is 16.0 Å². The molecule has 0 spiro atoms. The van der Waals surface area contributed by atoms with Crippen LogP contribution in [0.2, 0.25) is 0 Å². The van der Waals surface area contributed by atoms with E-state index in [9.17, 15) is 132 Å². The Morgan fingerprint density at radius 1 is 0.430 bits per heavy atom. The lowest BCUT2D eigenvalue weighted by atomic mass is 9.88. The molecule has 25 N–H and O–H groups in total. The van der Waals surface area contributed by atoms with Crippen LogP contribution in [0.5, 0.6) is 0 Å². The minimum Gasteiger partial charge on any atom is -0.477 e. The number of ether oxygens (including phenoxy) is 13. The SMILES string of the molecule is CC(=O)N[C@H]1[C@H](O[C@H]2[C@@H](O)[C@@H](CO)O[C@@H](O[C@H]3[C@H](O)[C@@H](NC(C)=O)[C@H](O[C@H]4[C@@H](O)[C@@H](CO[C@]5(C(=O)O)C[C@H](O)[C@@H](NC(C)=O)[C@H]([C@H](O)[C@H](O)CO)O5)O[C@@H](O[C@H]5[C@H](O)[C@@H](O)C(O)O[C@@H]5CO)[C@@H]4O)O[C@@H]3CO)[C@@H]2O)O[C@H](CO)[C@@H](O[C@@H]2O[C@H](CO)[C@H](O)[C@H](O)[C@H]2O)[C@@H]1O. The van der Waals surface area contributed by atoms with Crippen molar-refractivity contribution in [3.8, 4) is 0 Å². The zero-order valence-electron chi connectivity index (χ0n) is 49.6. The van der Waals surface area contributed by atoms with E-state index in [1.807, 2.05) is 0 Å². The summed E-state index contributed by atoms with van der Waals surface area (Å²) < 4.78 is 74.7. The summed E-state index contributed by atoms with van der Waals surface area (Å²) in [7, 11) is 0. The van der Waals surface area contributed by atoms with Gasteiger partial charge in [0.05, 0.1) is 58.4 Å². The second-order valence-corrected chi connectivity index (χ2v) is 23.2. The molecule has 0 aliphatic carbocycles. The lowest BCUT2D eigenvalue weighted by molar-refractivity contribution is -0.389. The summed E-state index contributed by atoms with van der Waals surface area (Å²) >= 11 is 0. The van der Waals surface area contributed by atoms with Gasteiger partial charge in [-0.3, -0.25) is 14.4 Å². The predicted octanol–water partition coefficient (Wildman–Crippen LogP) is -16.6. The van der Waals surface area contributed by atoms with Crippen molar-refractivity contribution in [3.05, 3.63) is 0 Å². The van der Waals surface area contributed by atoms with Crippen LogP contribution in [0.4, 0.5) is 0 Å². The normalized spacial score (nSPS) is 47.2. The van der Waals surface area contributed by atoms with Crippen LogP contribution >= 0.6 is 0 Å². The molecule has 0 aromatic rings. The summed E-state index contributed by atoms with van der Waals surface area (Å²) in [6, 6.07) is -5.50. The maximum absolute atomic E-state index is 13.1. The number of hydrogen-bond donors (Lipinski definition) is 25. The van der Waals surface area contributed by atoms with Gasteiger partial charge in [-0.1, -0.05) is 0 Å². The van der Waals surface area contributed by atoms with E-state index >= 15 is 0 Å². The zero-order valence-corrected chi connectivity index (χ0v) is 49.6. The van der Waals surface area contributed by atoms with Crippen LogP contribution in [0.25, 0.3) is 0 Å². The molecule has 0 aromatic carbocycles. The monoisotopic (exact) mass is 1360 g/mol. The zero-order chi connectivity index (χ0) is 69.0. The van der Waals surface area contributed by atoms with Crippen LogP contribution in [0.15, 0.2) is 0 Å². The van der Waals surface area contributed by atoms with Gasteiger partial charge in [-0.05, 0) is 0 Å². The van der Waals surface area contributed by atoms with Gasteiger partial charge in [0.25, 0.3) is 5.79 Å². The van der Waals surface area contributed by atoms with E-state index in [0.29, 0.717) is 0 Å². The Kier molecular flexibility index (Phi) is 27.2. The number of nitrogens with one attached hydrogen (secondary N) is 3. The second-order valence-electron chi connectivity index (χ2n) is 23.2. The molecule has 7 saturated heterocycles. The van der Waals surface area contributed by atoms with Crippen molar-refractivity contribution < 1.29 is 193 Å². The van der Waals surface area contributed by atoms with E-state index in [2.05, 4.69) is 16.0 Å². The molecule has 538 valence electrons. The van der Waals surface area contributed by atoms with Crippen molar-refractivity contribution in [2.75, 3.05) is 46.2 Å². The molecule has 0 bridgehead atoms. The van der Waals surface area contributed by atoms with Crippen LogP contribution in [0.3, 0.4) is 0 Å². The molecule has 42 nitrogen and oxygen atoms in total. The summed E-state index contributed by atoms with van der Waals surface area (Å²) in [6.45, 7) is -4.88. The standard InChI is InChI=1S/C51H85N3O39/c1-12(61)52-23-15(64)4-51(50(79)80,93-41(23)26(66)16(65)5-55)81-11-22-29(69)43(37(77)49(87-22)90-40-19(8-58)82-44(78)34(74)33(40)73)92-46-25(54-14(3)63)31(71)39(21(10-60)86-46)89-48-36(76)42(28(68)18(7-57)84-48)91-45-24(53-13(2)62)30(70)38(20(9-59)85-45)88-47-35(75)32(72)27(67)17(6-56)83-47/h15-49,55-60,64-78H,4-11H2,1-3H3,(H,52,61)(H,53,62)(H,54,63)(H,79,80)/t15-,16+,17+,18+,19+,20+,21+,22+,23+,24+,25+,26+,27-,28-,29-,30+,31+,32-,33+,34+,35+,36+,37+,38+,39+,40+,41+,42-,43-,44?,45-,46-,47-,48-,49-,51+/m0/s1. The topological polar surface area (TPSA) is 669 Å². The molecule has 0 radical (unpaired) electrons. The van der Waals surface area contributed by atoms with E-state index in [1.54, 1.807) is 0 Å². The van der Waals surface area contributed by atoms with E-state index in [1.165, 1.54) is 0 Å². The maximum Gasteiger partial charge on any atom is 0.364 e. The Morgan fingerprint density at radius 3 is 1.24 bits per heavy atom. The quantitative estimate of drug-likeness (QED) is 0.0404. The Morgan fingerprint density at radius 2 is 0.806 bits per heavy atom. The van der Waals surface area contributed by atoms with Gasteiger partial charge in [0.15, 0.2) is 37.7 Å². The molecule has 36 atom stereocenters. The number of aliphatic hydroxyl groups is 21. The van der Waals surface area contributed by atoms with Gasteiger partial charge < -0.3 is 190 Å². The highest BCUT2D eigenvalue weighted by Crippen LogP contribution is 2.39. The summed E-state index contributed by atoms with van der Waals surface area (Å²) in [6.07, 6.45) is -67.2. The maximum atomic E-state index is 13.1. The number of amides is 3. The van der Waals surface area contributed by atoms with Crippen molar-refractivity contribution in [2.24, 2.45) is 0 Å². The van der Waals surface area contributed by atoms with Gasteiger partial charge in [0.1, 0.15) is 165 Å². The molecule has 7 fully saturated rings. The third-order valence-electron chi connectivity index (χ3n) is 16.7. The van der Waals surface area contributed by atoms with E-state index in [0.717, 1.165) is 20.8 Å². The summed E-state index contributed by atoms with van der Waals surface area (Å²) in [4.78, 5) is 50.8. The van der Waals surface area contributed by atoms with Crippen molar-refractivity contribution in [1.29, 1.82) is 0 Å². The molecular weight excluding hydrogens is 1280 g/mol. The first-order valence-electron chi connectivity index (χ1n) is 29.2. The fourth-order valence-electron chi connectivity index (χ4n) is 11.8. The average molecular weight is 1360 g/mol. The van der Waals surface area contributed by atoms with Crippen LogP contribution in [0.1, 0.15) is 27.2 Å². The van der Waals surface area contributed by atoms with Gasteiger partial charge >= 0.3 is 5.97 Å². The molecule has 3 amide bonds. The summed E-state index contributed by atoms with van der Waals surface area (Å²) in [5.74, 6) is -7.89. The fraction of sp³-hybridized carbons (Fsp3) is 0.922. The van der Waals surface area contributed by atoms with Gasteiger partial charge in [-0.25, -0.2) is 4.79 Å². The highest BCUT2D eigenvalue weighted by Gasteiger charge is 2.61. The molecule has 1 unspecified atom stereocenters. The molecule has 7 aliphatic heterocycles. The summed E-state index contributed by atoms with van der Waals surface area (Å²) in [5.41, 5.74) is 0. The van der Waals surface area contributed by atoms with Crippen molar-refractivity contribution in [1.82, 2.24) is 16.0 Å². The minimum absolute atomic E-state index is 0.842. The average Bonchev–Trinajstić information content (AvgIpc) is 0.786. The molecule has 0 saturated carbocycles. The van der Waals surface area contributed by atoms with Crippen LogP contribution in [-0.4, -0.2) is 403 Å². The third kappa shape index (κ3) is 16.8. The minimum atomic E-state index is -3.13. The number of carbonyl (C=O) groups is 4. The van der Waals surface area contributed by atoms with Crippen molar-refractivity contribution in [2.45, 2.75) is 248 Å². The first-order valence-corrected chi connectivity index (χ1v) is 29.2.